The predicted molar refractivity (Wildman–Crippen MR) is 60.4 cm³/mol. The Labute approximate surface area is 94.2 Å². The van der Waals surface area contributed by atoms with E-state index in [1.165, 1.54) is 12.0 Å². The number of benzene rings is 1. The van der Waals surface area contributed by atoms with Crippen molar-refractivity contribution in [3.8, 4) is 11.8 Å². The Hall–Kier alpha value is -2.22. The third-order valence-corrected chi connectivity index (χ3v) is 1.98. The van der Waals surface area contributed by atoms with Crippen molar-refractivity contribution in [3.63, 3.8) is 0 Å². The second-order valence-electron chi connectivity index (χ2n) is 3.35. The van der Waals surface area contributed by atoms with Crippen LogP contribution in [0.2, 0.25) is 0 Å². The maximum Gasteiger partial charge on any atom is 0.321 e. The van der Waals surface area contributed by atoms with Gasteiger partial charge >= 0.3 is 6.03 Å². The van der Waals surface area contributed by atoms with Crippen LogP contribution in [0.15, 0.2) is 18.2 Å². The Morgan fingerprint density at radius 3 is 2.69 bits per heavy atom. The van der Waals surface area contributed by atoms with Crippen molar-refractivity contribution in [1.29, 1.82) is 5.26 Å². The fraction of sp³-hybridized carbons (Fsp3) is 0.273. The van der Waals surface area contributed by atoms with Crippen molar-refractivity contribution >= 4 is 11.7 Å². The van der Waals surface area contributed by atoms with Crippen molar-refractivity contribution < 1.29 is 9.53 Å². The van der Waals surface area contributed by atoms with Crippen LogP contribution in [0.3, 0.4) is 0 Å². The molecule has 0 heterocycles. The Bertz CT molecular complexity index is 435. The highest BCUT2D eigenvalue weighted by molar-refractivity contribution is 5.90. The molecule has 1 N–H and O–H groups in total. The summed E-state index contributed by atoms with van der Waals surface area (Å²) in [5.74, 6) is 0.467. The van der Waals surface area contributed by atoms with Gasteiger partial charge in [0.05, 0.1) is 24.4 Å². The smallest absolute Gasteiger partial charge is 0.321 e. The maximum absolute atomic E-state index is 11.4. The first-order chi connectivity index (χ1) is 7.58. The van der Waals surface area contributed by atoms with Gasteiger partial charge < -0.3 is 15.0 Å². The van der Waals surface area contributed by atoms with E-state index in [4.69, 9.17) is 10.00 Å². The number of nitriles is 1. The Morgan fingerprint density at radius 1 is 1.50 bits per heavy atom. The number of urea groups is 1. The number of hydrogen-bond donors (Lipinski definition) is 1. The summed E-state index contributed by atoms with van der Waals surface area (Å²) in [5.41, 5.74) is 1.03. The standard InChI is InChI=1S/C11H13N3O2/c1-14(2)11(15)13-9-5-4-8(7-12)6-10(9)16-3/h4-6H,1-3H3,(H,13,15). The van der Waals surface area contributed by atoms with Gasteiger partial charge in [-0.05, 0) is 12.1 Å². The molecule has 0 saturated carbocycles. The van der Waals surface area contributed by atoms with Crippen LogP contribution in [0.4, 0.5) is 10.5 Å². The van der Waals surface area contributed by atoms with E-state index < -0.39 is 0 Å². The van der Waals surface area contributed by atoms with Crippen molar-refractivity contribution in [2.24, 2.45) is 0 Å². The summed E-state index contributed by atoms with van der Waals surface area (Å²) < 4.78 is 5.08. The number of anilines is 1. The van der Waals surface area contributed by atoms with Crippen LogP contribution in [0.1, 0.15) is 5.56 Å². The largest absolute Gasteiger partial charge is 0.495 e. The van der Waals surface area contributed by atoms with Crippen LogP contribution in [0.5, 0.6) is 5.75 Å². The summed E-state index contributed by atoms with van der Waals surface area (Å²) in [4.78, 5) is 12.8. The Morgan fingerprint density at radius 2 is 2.19 bits per heavy atom. The van der Waals surface area contributed by atoms with E-state index >= 15 is 0 Å². The summed E-state index contributed by atoms with van der Waals surface area (Å²) >= 11 is 0. The predicted octanol–water partition coefficient (Wildman–Crippen LogP) is 1.66. The molecule has 0 bridgehead atoms. The van der Waals surface area contributed by atoms with Crippen LogP contribution in [0, 0.1) is 11.3 Å². The van der Waals surface area contributed by atoms with E-state index in [1.807, 2.05) is 6.07 Å². The lowest BCUT2D eigenvalue weighted by Crippen LogP contribution is -2.27. The van der Waals surface area contributed by atoms with Crippen molar-refractivity contribution in [2.75, 3.05) is 26.5 Å². The van der Waals surface area contributed by atoms with Gasteiger partial charge in [0.25, 0.3) is 0 Å². The molecule has 1 rings (SSSR count). The van der Waals surface area contributed by atoms with Gasteiger partial charge in [0.15, 0.2) is 0 Å². The minimum Gasteiger partial charge on any atom is -0.495 e. The summed E-state index contributed by atoms with van der Waals surface area (Å²) in [7, 11) is 4.78. The lowest BCUT2D eigenvalue weighted by molar-refractivity contribution is 0.230. The molecule has 0 aliphatic heterocycles. The van der Waals surface area contributed by atoms with Gasteiger partial charge in [-0.25, -0.2) is 4.79 Å². The number of hydrogen-bond acceptors (Lipinski definition) is 3. The molecule has 0 aliphatic carbocycles. The van der Waals surface area contributed by atoms with Crippen LogP contribution in [-0.4, -0.2) is 32.1 Å². The molecule has 1 aromatic rings. The summed E-state index contributed by atoms with van der Waals surface area (Å²) in [6.07, 6.45) is 0. The summed E-state index contributed by atoms with van der Waals surface area (Å²) in [6.45, 7) is 0. The van der Waals surface area contributed by atoms with E-state index in [0.717, 1.165) is 0 Å². The van der Waals surface area contributed by atoms with Gasteiger partial charge in [-0.2, -0.15) is 5.26 Å². The number of carbonyl (C=O) groups is 1. The van der Waals surface area contributed by atoms with Crippen LogP contribution >= 0.6 is 0 Å². The van der Waals surface area contributed by atoms with Crippen molar-refractivity contribution in [1.82, 2.24) is 4.90 Å². The first kappa shape index (κ1) is 11.9. The van der Waals surface area contributed by atoms with Crippen molar-refractivity contribution in [3.05, 3.63) is 23.8 Å². The molecule has 84 valence electrons. The maximum atomic E-state index is 11.4. The number of ether oxygens (including phenoxy) is 1. The first-order valence-electron chi connectivity index (χ1n) is 4.65. The summed E-state index contributed by atoms with van der Waals surface area (Å²) in [6, 6.07) is 6.59. The van der Waals surface area contributed by atoms with Gasteiger partial charge in [0, 0.05) is 20.2 Å². The third-order valence-electron chi connectivity index (χ3n) is 1.98. The minimum absolute atomic E-state index is 0.247. The number of nitrogens with one attached hydrogen (secondary N) is 1. The fourth-order valence-electron chi connectivity index (χ4n) is 1.09. The molecule has 0 radical (unpaired) electrons. The van der Waals surface area contributed by atoms with E-state index in [2.05, 4.69) is 5.32 Å². The fourth-order valence-corrected chi connectivity index (χ4v) is 1.09. The molecule has 0 aromatic heterocycles. The van der Waals surface area contributed by atoms with Crippen LogP contribution < -0.4 is 10.1 Å². The van der Waals surface area contributed by atoms with Crippen molar-refractivity contribution in [2.45, 2.75) is 0 Å². The molecule has 5 nitrogen and oxygen atoms in total. The normalized spacial score (nSPS) is 9.12. The molecule has 0 fully saturated rings. The highest BCUT2D eigenvalue weighted by Crippen LogP contribution is 2.25. The molecule has 0 saturated heterocycles. The Balaban J connectivity index is 2.97. The van der Waals surface area contributed by atoms with Gasteiger partial charge in [0.2, 0.25) is 0 Å². The highest BCUT2D eigenvalue weighted by atomic mass is 16.5. The monoisotopic (exact) mass is 219 g/mol. The topological polar surface area (TPSA) is 65.4 Å². The SMILES string of the molecule is COc1cc(C#N)ccc1NC(=O)N(C)C. The van der Waals surface area contributed by atoms with Crippen LogP contribution in [-0.2, 0) is 0 Å². The second-order valence-corrected chi connectivity index (χ2v) is 3.35. The molecular formula is C11H13N3O2. The van der Waals surface area contributed by atoms with Crippen LogP contribution in [0.25, 0.3) is 0 Å². The molecule has 2 amide bonds. The number of carbonyl (C=O) groups excluding carboxylic acids is 1. The third kappa shape index (κ3) is 2.64. The lowest BCUT2D eigenvalue weighted by atomic mass is 10.2. The number of nitrogens with zero attached hydrogens (tertiary/aromatic N) is 2. The molecule has 0 atom stereocenters. The second kappa shape index (κ2) is 5.03. The summed E-state index contributed by atoms with van der Waals surface area (Å²) in [5, 5.41) is 11.4. The van der Waals surface area contributed by atoms with E-state index in [1.54, 1.807) is 32.3 Å². The van der Waals surface area contributed by atoms with Gasteiger partial charge in [-0.1, -0.05) is 0 Å². The molecule has 5 heteroatoms. The Kier molecular flexibility index (Phi) is 3.72. The minimum atomic E-state index is -0.247. The average Bonchev–Trinajstić information content (AvgIpc) is 2.29. The molecule has 16 heavy (non-hydrogen) atoms. The highest BCUT2D eigenvalue weighted by Gasteiger charge is 2.09. The first-order valence-corrected chi connectivity index (χ1v) is 4.65. The molecule has 1 aromatic carbocycles. The molecule has 0 unspecified atom stereocenters. The van der Waals surface area contributed by atoms with Gasteiger partial charge in [-0.3, -0.25) is 0 Å². The van der Waals surface area contributed by atoms with E-state index in [0.29, 0.717) is 17.0 Å². The van der Waals surface area contributed by atoms with Gasteiger partial charge in [0.1, 0.15) is 5.75 Å². The van der Waals surface area contributed by atoms with E-state index in [9.17, 15) is 4.79 Å². The number of methoxy groups -OCH3 is 1. The molecular weight excluding hydrogens is 206 g/mol. The zero-order chi connectivity index (χ0) is 12.1. The molecule has 0 spiro atoms. The zero-order valence-corrected chi connectivity index (χ0v) is 9.44. The molecule has 0 aliphatic rings. The van der Waals surface area contributed by atoms with Gasteiger partial charge in [-0.15, -0.1) is 0 Å². The zero-order valence-electron chi connectivity index (χ0n) is 9.44. The average molecular weight is 219 g/mol. The van der Waals surface area contributed by atoms with E-state index in [-0.39, 0.29) is 6.03 Å². The quantitative estimate of drug-likeness (QED) is 0.822. The number of rotatable bonds is 2. The lowest BCUT2D eigenvalue weighted by Gasteiger charge is -2.14. The number of amides is 2.